The van der Waals surface area contributed by atoms with Gasteiger partial charge in [0.25, 0.3) is 0 Å². The summed E-state index contributed by atoms with van der Waals surface area (Å²) in [7, 11) is 0. The topological polar surface area (TPSA) is 54.5 Å². The second kappa shape index (κ2) is 6.06. The van der Waals surface area contributed by atoms with Crippen LogP contribution in [0.3, 0.4) is 0 Å². The zero-order chi connectivity index (χ0) is 16.7. The van der Waals surface area contributed by atoms with Crippen molar-refractivity contribution in [2.75, 3.05) is 13.1 Å². The molecule has 1 spiro atoms. The average Bonchev–Trinajstić information content (AvgIpc) is 3.06. The second-order valence-corrected chi connectivity index (χ2v) is 8.63. The molecule has 1 aromatic rings. The molecule has 1 unspecified atom stereocenters. The molecule has 1 saturated carbocycles. The Morgan fingerprint density at radius 2 is 2.09 bits per heavy atom. The lowest BCUT2D eigenvalue weighted by molar-refractivity contribution is -0.184. The van der Waals surface area contributed by atoms with E-state index in [9.17, 15) is 4.79 Å². The molecule has 2 fully saturated rings. The molecule has 3 rings (SSSR count). The molecule has 0 bridgehead atoms. The number of hydrogen-bond donors (Lipinski definition) is 1. The quantitative estimate of drug-likeness (QED) is 0.896. The minimum absolute atomic E-state index is 0.00852. The zero-order valence-corrected chi connectivity index (χ0v) is 15.3. The summed E-state index contributed by atoms with van der Waals surface area (Å²) in [5, 5.41) is 6.14. The Kier molecular flexibility index (Phi) is 4.40. The van der Waals surface area contributed by atoms with Crippen LogP contribution in [0, 0.1) is 6.92 Å². The third-order valence-corrected chi connectivity index (χ3v) is 5.56. The molecule has 128 valence electrons. The van der Waals surface area contributed by atoms with Crippen molar-refractivity contribution in [3.63, 3.8) is 0 Å². The number of urea groups is 1. The molecule has 0 radical (unpaired) electrons. The van der Waals surface area contributed by atoms with Gasteiger partial charge < -0.3 is 15.0 Å². The third kappa shape index (κ3) is 3.69. The number of morpholine rings is 1. The highest BCUT2D eigenvalue weighted by molar-refractivity contribution is 7.09. The van der Waals surface area contributed by atoms with E-state index in [4.69, 9.17) is 4.74 Å². The summed E-state index contributed by atoms with van der Waals surface area (Å²) in [5.74, 6) is 0. The maximum Gasteiger partial charge on any atom is 0.318 e. The summed E-state index contributed by atoms with van der Waals surface area (Å²) in [6.45, 7) is 9.47. The molecule has 2 aliphatic rings. The second-order valence-electron chi connectivity index (χ2n) is 7.57. The summed E-state index contributed by atoms with van der Waals surface area (Å²) < 4.78 is 6.36. The first-order valence-electron chi connectivity index (χ1n) is 8.46. The number of hydrogen-bond acceptors (Lipinski definition) is 4. The van der Waals surface area contributed by atoms with E-state index in [1.807, 2.05) is 24.1 Å². The lowest BCUT2D eigenvalue weighted by Gasteiger charge is -2.48. The number of amides is 2. The van der Waals surface area contributed by atoms with Crippen molar-refractivity contribution < 1.29 is 9.53 Å². The molecule has 1 atom stereocenters. The molecule has 2 amide bonds. The molecule has 23 heavy (non-hydrogen) atoms. The Bertz CT molecular complexity index is 578. The minimum Gasteiger partial charge on any atom is -0.365 e. The highest BCUT2D eigenvalue weighted by atomic mass is 32.1. The number of aryl methyl sites for hydroxylation is 1. The Balaban J connectivity index is 1.68. The number of rotatable bonds is 2. The van der Waals surface area contributed by atoms with E-state index in [0.29, 0.717) is 13.1 Å². The summed E-state index contributed by atoms with van der Waals surface area (Å²) >= 11 is 1.61. The Labute approximate surface area is 142 Å². The Morgan fingerprint density at radius 3 is 2.70 bits per heavy atom. The predicted molar refractivity (Wildman–Crippen MR) is 91.7 cm³/mol. The van der Waals surface area contributed by atoms with Gasteiger partial charge in [-0.05, 0) is 40.5 Å². The molecule has 6 heteroatoms. The van der Waals surface area contributed by atoms with E-state index in [1.165, 1.54) is 12.8 Å². The van der Waals surface area contributed by atoms with Crippen LogP contribution in [0.25, 0.3) is 0 Å². The highest BCUT2D eigenvalue weighted by Crippen LogP contribution is 2.40. The highest BCUT2D eigenvalue weighted by Gasteiger charge is 2.47. The van der Waals surface area contributed by atoms with Gasteiger partial charge in [0.05, 0.1) is 41.0 Å². The maximum absolute atomic E-state index is 12.8. The summed E-state index contributed by atoms with van der Waals surface area (Å²) in [5.41, 5.74) is 0.504. The van der Waals surface area contributed by atoms with E-state index in [1.54, 1.807) is 11.3 Å². The van der Waals surface area contributed by atoms with E-state index in [2.05, 4.69) is 24.1 Å². The fourth-order valence-corrected chi connectivity index (χ4v) is 4.57. The van der Waals surface area contributed by atoms with Crippen LogP contribution >= 0.6 is 11.3 Å². The molecule has 1 aliphatic heterocycles. The molecule has 1 N–H and O–H groups in total. The van der Waals surface area contributed by atoms with Crippen molar-refractivity contribution in [1.29, 1.82) is 0 Å². The smallest absolute Gasteiger partial charge is 0.318 e. The molecule has 1 saturated heterocycles. The van der Waals surface area contributed by atoms with Crippen LogP contribution in [0.5, 0.6) is 0 Å². The van der Waals surface area contributed by atoms with Crippen molar-refractivity contribution in [3.8, 4) is 0 Å². The van der Waals surface area contributed by atoms with E-state index in [-0.39, 0.29) is 23.3 Å². The molecule has 1 aliphatic carbocycles. The van der Waals surface area contributed by atoms with Crippen LogP contribution in [-0.2, 0) is 4.74 Å². The van der Waals surface area contributed by atoms with Gasteiger partial charge in [0.2, 0.25) is 0 Å². The molecule has 5 nitrogen and oxygen atoms in total. The molecule has 0 aromatic carbocycles. The van der Waals surface area contributed by atoms with Crippen LogP contribution in [0.15, 0.2) is 5.38 Å². The van der Waals surface area contributed by atoms with Gasteiger partial charge >= 0.3 is 6.03 Å². The van der Waals surface area contributed by atoms with Crippen molar-refractivity contribution in [3.05, 3.63) is 16.1 Å². The van der Waals surface area contributed by atoms with Gasteiger partial charge in [0.1, 0.15) is 0 Å². The van der Waals surface area contributed by atoms with Crippen LogP contribution in [0.1, 0.15) is 63.2 Å². The zero-order valence-electron chi connectivity index (χ0n) is 14.5. The fourth-order valence-electron chi connectivity index (χ4n) is 3.87. The number of nitrogens with zero attached hydrogens (tertiary/aromatic N) is 2. The minimum atomic E-state index is -0.291. The maximum atomic E-state index is 12.8. The average molecular weight is 337 g/mol. The van der Waals surface area contributed by atoms with Crippen LogP contribution in [0.2, 0.25) is 0 Å². The molecular weight excluding hydrogens is 310 g/mol. The largest absolute Gasteiger partial charge is 0.365 e. The van der Waals surface area contributed by atoms with Crippen molar-refractivity contribution in [1.82, 2.24) is 15.2 Å². The first-order valence-corrected chi connectivity index (χ1v) is 9.34. The van der Waals surface area contributed by atoms with Gasteiger partial charge in [0.15, 0.2) is 0 Å². The van der Waals surface area contributed by atoms with Crippen LogP contribution in [0.4, 0.5) is 4.79 Å². The SMILES string of the molecule is Cc1nc(C(C)NC(=O)N2CC(C)(C)OC3(CCCC3)C2)cs1. The van der Waals surface area contributed by atoms with Gasteiger partial charge in [0, 0.05) is 5.38 Å². The fraction of sp³-hybridized carbons (Fsp3) is 0.765. The first kappa shape index (κ1) is 16.7. The van der Waals surface area contributed by atoms with Crippen molar-refractivity contribution in [2.24, 2.45) is 0 Å². The standard InChI is InChI=1S/C17H27N3O2S/c1-12(14-9-23-13(2)19-14)18-15(21)20-10-16(3,4)22-17(11-20)7-5-6-8-17/h9,12H,5-8,10-11H2,1-4H3,(H,18,21). The van der Waals surface area contributed by atoms with Crippen LogP contribution in [-0.4, -0.2) is 40.2 Å². The molecule has 1 aromatic heterocycles. The van der Waals surface area contributed by atoms with E-state index < -0.39 is 0 Å². The van der Waals surface area contributed by atoms with Crippen molar-refractivity contribution in [2.45, 2.75) is 70.6 Å². The molecule has 2 heterocycles. The Morgan fingerprint density at radius 1 is 1.39 bits per heavy atom. The predicted octanol–water partition coefficient (Wildman–Crippen LogP) is 3.65. The van der Waals surface area contributed by atoms with Gasteiger partial charge in [-0.15, -0.1) is 11.3 Å². The van der Waals surface area contributed by atoms with Crippen molar-refractivity contribution >= 4 is 17.4 Å². The van der Waals surface area contributed by atoms with Gasteiger partial charge in [-0.1, -0.05) is 12.8 Å². The number of carbonyl (C=O) groups is 1. The normalized spacial score (nSPS) is 23.9. The third-order valence-electron chi connectivity index (χ3n) is 4.77. The number of carbonyl (C=O) groups excluding carboxylic acids is 1. The van der Waals surface area contributed by atoms with Crippen LogP contribution < -0.4 is 5.32 Å². The lowest BCUT2D eigenvalue weighted by Crippen LogP contribution is -2.61. The number of thiazole rings is 1. The lowest BCUT2D eigenvalue weighted by atomic mass is 9.94. The van der Waals surface area contributed by atoms with Gasteiger partial charge in [-0.3, -0.25) is 0 Å². The van der Waals surface area contributed by atoms with Gasteiger partial charge in [-0.2, -0.15) is 0 Å². The van der Waals surface area contributed by atoms with Gasteiger partial charge in [-0.25, -0.2) is 9.78 Å². The Hall–Kier alpha value is -1.14. The van der Waals surface area contributed by atoms with E-state index >= 15 is 0 Å². The number of ether oxygens (including phenoxy) is 1. The first-order chi connectivity index (χ1) is 10.8. The number of nitrogens with one attached hydrogen (secondary N) is 1. The summed E-state index contributed by atoms with van der Waals surface area (Å²) in [4.78, 5) is 19.2. The number of aromatic nitrogens is 1. The summed E-state index contributed by atoms with van der Waals surface area (Å²) in [6, 6.07) is -0.0799. The van der Waals surface area contributed by atoms with E-state index in [0.717, 1.165) is 23.5 Å². The monoisotopic (exact) mass is 337 g/mol. The summed E-state index contributed by atoms with van der Waals surface area (Å²) in [6.07, 6.45) is 4.50. The molecular formula is C17H27N3O2S.